The van der Waals surface area contributed by atoms with Crippen LogP contribution in [-0.2, 0) is 0 Å². The van der Waals surface area contributed by atoms with Gasteiger partial charge in [0.15, 0.2) is 0 Å². The number of hydrogen-bond acceptors (Lipinski definition) is 2. The highest BCUT2D eigenvalue weighted by Gasteiger charge is 2.09. The van der Waals surface area contributed by atoms with Crippen molar-refractivity contribution in [3.05, 3.63) is 58.9 Å². The number of hydrogen-bond donors (Lipinski definition) is 1. The van der Waals surface area contributed by atoms with E-state index in [-0.39, 0.29) is 11.9 Å². The van der Waals surface area contributed by atoms with Crippen LogP contribution in [0.25, 0.3) is 0 Å². The molecule has 0 amide bonds. The van der Waals surface area contributed by atoms with Gasteiger partial charge in [-0.05, 0) is 36.8 Å². The SMILES string of the molecule is COc1ccc(F)c(NC(C)c2ccc(Cl)cc2)c1. The molecule has 0 spiro atoms. The highest BCUT2D eigenvalue weighted by Crippen LogP contribution is 2.26. The van der Waals surface area contributed by atoms with E-state index >= 15 is 0 Å². The number of anilines is 1. The summed E-state index contributed by atoms with van der Waals surface area (Å²) in [5.74, 6) is 0.314. The summed E-state index contributed by atoms with van der Waals surface area (Å²) in [6.45, 7) is 1.96. The normalized spacial score (nSPS) is 12.0. The first kappa shape index (κ1) is 13.7. The van der Waals surface area contributed by atoms with Crippen LogP contribution in [0, 0.1) is 5.82 Å². The molecule has 2 aromatic carbocycles. The average molecular weight is 280 g/mol. The molecule has 0 saturated carbocycles. The van der Waals surface area contributed by atoms with Crippen molar-refractivity contribution < 1.29 is 9.13 Å². The quantitative estimate of drug-likeness (QED) is 0.879. The second kappa shape index (κ2) is 5.93. The van der Waals surface area contributed by atoms with Gasteiger partial charge in [0.25, 0.3) is 0 Å². The molecule has 19 heavy (non-hydrogen) atoms. The van der Waals surface area contributed by atoms with Gasteiger partial charge in [0.2, 0.25) is 0 Å². The third kappa shape index (κ3) is 3.38. The molecule has 0 aliphatic rings. The number of ether oxygens (including phenoxy) is 1. The van der Waals surface area contributed by atoms with Crippen LogP contribution in [0.3, 0.4) is 0 Å². The minimum absolute atomic E-state index is 0.0288. The third-order valence-corrected chi connectivity index (χ3v) is 3.17. The molecule has 0 fully saturated rings. The van der Waals surface area contributed by atoms with Crippen molar-refractivity contribution in [3.63, 3.8) is 0 Å². The van der Waals surface area contributed by atoms with Crippen LogP contribution in [-0.4, -0.2) is 7.11 Å². The van der Waals surface area contributed by atoms with E-state index in [1.807, 2.05) is 31.2 Å². The van der Waals surface area contributed by atoms with Gasteiger partial charge in [-0.3, -0.25) is 0 Å². The second-order valence-corrected chi connectivity index (χ2v) is 4.70. The molecule has 2 rings (SSSR count). The summed E-state index contributed by atoms with van der Waals surface area (Å²) in [5, 5.41) is 3.81. The zero-order chi connectivity index (χ0) is 13.8. The smallest absolute Gasteiger partial charge is 0.146 e. The lowest BCUT2D eigenvalue weighted by molar-refractivity contribution is 0.414. The number of halogens is 2. The van der Waals surface area contributed by atoms with Crippen molar-refractivity contribution in [2.45, 2.75) is 13.0 Å². The zero-order valence-electron chi connectivity index (χ0n) is 10.8. The first-order chi connectivity index (χ1) is 9.10. The Kier molecular flexibility index (Phi) is 4.27. The Morgan fingerprint density at radius 1 is 1.16 bits per heavy atom. The maximum atomic E-state index is 13.7. The lowest BCUT2D eigenvalue weighted by atomic mass is 10.1. The summed E-state index contributed by atoms with van der Waals surface area (Å²) in [5.41, 5.74) is 1.45. The zero-order valence-corrected chi connectivity index (χ0v) is 11.5. The van der Waals surface area contributed by atoms with Crippen molar-refractivity contribution >= 4 is 17.3 Å². The van der Waals surface area contributed by atoms with E-state index in [2.05, 4.69) is 5.32 Å². The Hall–Kier alpha value is -1.74. The highest BCUT2D eigenvalue weighted by atomic mass is 35.5. The number of rotatable bonds is 4. The minimum Gasteiger partial charge on any atom is -0.497 e. The van der Waals surface area contributed by atoms with Gasteiger partial charge in [0.1, 0.15) is 11.6 Å². The Bertz CT molecular complexity index is 557. The van der Waals surface area contributed by atoms with E-state index < -0.39 is 0 Å². The van der Waals surface area contributed by atoms with Crippen LogP contribution in [0.2, 0.25) is 5.02 Å². The van der Waals surface area contributed by atoms with Gasteiger partial charge < -0.3 is 10.1 Å². The van der Waals surface area contributed by atoms with E-state index in [9.17, 15) is 4.39 Å². The molecular weight excluding hydrogens is 265 g/mol. The Labute approximate surface area is 117 Å². The van der Waals surface area contributed by atoms with Gasteiger partial charge in [-0.25, -0.2) is 4.39 Å². The summed E-state index contributed by atoms with van der Waals surface area (Å²) < 4.78 is 18.8. The van der Waals surface area contributed by atoms with E-state index in [4.69, 9.17) is 16.3 Å². The van der Waals surface area contributed by atoms with Gasteiger partial charge in [-0.1, -0.05) is 23.7 Å². The van der Waals surface area contributed by atoms with E-state index in [1.54, 1.807) is 19.2 Å². The molecule has 0 aliphatic carbocycles. The van der Waals surface area contributed by atoms with Crippen molar-refractivity contribution in [1.29, 1.82) is 0 Å². The molecule has 2 aromatic rings. The van der Waals surface area contributed by atoms with E-state index in [0.717, 1.165) is 5.56 Å². The van der Waals surface area contributed by atoms with Crippen molar-refractivity contribution in [2.24, 2.45) is 0 Å². The van der Waals surface area contributed by atoms with Crippen molar-refractivity contribution in [3.8, 4) is 5.75 Å². The lowest BCUT2D eigenvalue weighted by Gasteiger charge is -2.17. The van der Waals surface area contributed by atoms with Gasteiger partial charge in [0.05, 0.1) is 12.8 Å². The summed E-state index contributed by atoms with van der Waals surface area (Å²) in [6.07, 6.45) is 0. The fourth-order valence-corrected chi connectivity index (χ4v) is 1.94. The van der Waals surface area contributed by atoms with Gasteiger partial charge in [-0.15, -0.1) is 0 Å². The largest absolute Gasteiger partial charge is 0.497 e. The van der Waals surface area contributed by atoms with Crippen LogP contribution >= 0.6 is 11.6 Å². The average Bonchev–Trinajstić information content (AvgIpc) is 2.42. The third-order valence-electron chi connectivity index (χ3n) is 2.92. The van der Waals surface area contributed by atoms with Crippen LogP contribution in [0.1, 0.15) is 18.5 Å². The molecule has 4 heteroatoms. The Morgan fingerprint density at radius 3 is 2.47 bits per heavy atom. The molecule has 100 valence electrons. The summed E-state index contributed by atoms with van der Waals surface area (Å²) in [4.78, 5) is 0. The minimum atomic E-state index is -0.304. The molecule has 1 N–H and O–H groups in total. The molecule has 2 nitrogen and oxygen atoms in total. The van der Waals surface area contributed by atoms with Crippen LogP contribution in [0.4, 0.5) is 10.1 Å². The van der Waals surface area contributed by atoms with Gasteiger partial charge in [0, 0.05) is 17.1 Å². The van der Waals surface area contributed by atoms with Gasteiger partial charge >= 0.3 is 0 Å². The molecule has 0 heterocycles. The van der Waals surface area contributed by atoms with Crippen LogP contribution in [0.15, 0.2) is 42.5 Å². The van der Waals surface area contributed by atoms with E-state index in [0.29, 0.717) is 16.5 Å². The maximum Gasteiger partial charge on any atom is 0.146 e. The number of methoxy groups -OCH3 is 1. The first-order valence-electron chi connectivity index (χ1n) is 5.95. The predicted molar refractivity (Wildman–Crippen MR) is 76.4 cm³/mol. The van der Waals surface area contributed by atoms with Crippen LogP contribution in [0.5, 0.6) is 5.75 Å². The number of benzene rings is 2. The van der Waals surface area contributed by atoms with E-state index in [1.165, 1.54) is 6.07 Å². The predicted octanol–water partition coefficient (Wildman–Crippen LogP) is 4.66. The fourth-order valence-electron chi connectivity index (χ4n) is 1.81. The molecule has 0 bridgehead atoms. The van der Waals surface area contributed by atoms with Crippen molar-refractivity contribution in [1.82, 2.24) is 0 Å². The Morgan fingerprint density at radius 2 is 1.84 bits per heavy atom. The van der Waals surface area contributed by atoms with Crippen molar-refractivity contribution in [2.75, 3.05) is 12.4 Å². The van der Waals surface area contributed by atoms with Crippen LogP contribution < -0.4 is 10.1 Å². The molecule has 0 aliphatic heterocycles. The molecule has 0 aromatic heterocycles. The first-order valence-corrected chi connectivity index (χ1v) is 6.33. The molecule has 0 saturated heterocycles. The molecule has 0 radical (unpaired) electrons. The monoisotopic (exact) mass is 279 g/mol. The maximum absolute atomic E-state index is 13.7. The molecular formula is C15H15ClFNO. The fraction of sp³-hybridized carbons (Fsp3) is 0.200. The highest BCUT2D eigenvalue weighted by molar-refractivity contribution is 6.30. The van der Waals surface area contributed by atoms with Gasteiger partial charge in [-0.2, -0.15) is 0 Å². The number of nitrogens with one attached hydrogen (secondary N) is 1. The molecule has 1 unspecified atom stereocenters. The summed E-state index contributed by atoms with van der Waals surface area (Å²) >= 11 is 5.84. The lowest BCUT2D eigenvalue weighted by Crippen LogP contribution is -2.08. The Balaban J connectivity index is 2.18. The summed E-state index contributed by atoms with van der Waals surface area (Å²) in [7, 11) is 1.56. The standard InChI is InChI=1S/C15H15ClFNO/c1-10(11-3-5-12(16)6-4-11)18-15-9-13(19-2)7-8-14(15)17/h3-10,18H,1-2H3. The second-order valence-electron chi connectivity index (χ2n) is 4.26. The molecule has 1 atom stereocenters. The topological polar surface area (TPSA) is 21.3 Å². The summed E-state index contributed by atoms with van der Waals surface area (Å²) in [6, 6.07) is 12.0.